The smallest absolute Gasteiger partial charge is 0.198 e. The van der Waals surface area contributed by atoms with E-state index in [1.807, 2.05) is 0 Å². The zero-order chi connectivity index (χ0) is 10.7. The number of rotatable bonds is 4. The molecule has 1 fully saturated rings. The van der Waals surface area contributed by atoms with Gasteiger partial charge in [-0.25, -0.2) is 4.98 Å². The summed E-state index contributed by atoms with van der Waals surface area (Å²) in [6, 6.07) is 0. The number of oxazole rings is 1. The molecule has 2 rings (SSSR count). The number of hydrogen-bond acceptors (Lipinski definition) is 4. The lowest BCUT2D eigenvalue weighted by molar-refractivity contribution is 0.392. The number of aryl methyl sites for hydroxylation is 1. The van der Waals surface area contributed by atoms with Crippen molar-refractivity contribution in [2.45, 2.75) is 25.2 Å². The van der Waals surface area contributed by atoms with E-state index in [0.717, 1.165) is 43.9 Å². The number of likely N-dealkylation sites (N-methyl/N-ethyl adjacent to an activating group) is 1. The Morgan fingerprint density at radius 3 is 3.20 bits per heavy atom. The number of likely N-dealkylation sites (tertiary alicyclic amines) is 1. The van der Waals surface area contributed by atoms with Gasteiger partial charge in [0.05, 0.1) is 5.69 Å². The molecule has 15 heavy (non-hydrogen) atoms. The van der Waals surface area contributed by atoms with E-state index in [0.29, 0.717) is 12.5 Å². The summed E-state index contributed by atoms with van der Waals surface area (Å²) < 4.78 is 5.52. The molecule has 1 unspecified atom stereocenters. The van der Waals surface area contributed by atoms with Gasteiger partial charge in [0.1, 0.15) is 6.26 Å². The molecule has 1 aliphatic heterocycles. The second kappa shape index (κ2) is 4.77. The van der Waals surface area contributed by atoms with Crippen molar-refractivity contribution in [3.8, 4) is 0 Å². The van der Waals surface area contributed by atoms with Crippen LogP contribution in [0.4, 0.5) is 0 Å². The van der Waals surface area contributed by atoms with Gasteiger partial charge in [-0.2, -0.15) is 0 Å². The summed E-state index contributed by atoms with van der Waals surface area (Å²) >= 11 is 0. The first-order chi connectivity index (χ1) is 7.29. The summed E-state index contributed by atoms with van der Waals surface area (Å²) in [5.74, 6) is 1.40. The Labute approximate surface area is 90.5 Å². The average Bonchev–Trinajstić information content (AvgIpc) is 2.83. The number of hydrogen-bond donors (Lipinski definition) is 1. The SMILES string of the molecule is CN1CCC(c2nc(CCCN)co2)C1. The zero-order valence-electron chi connectivity index (χ0n) is 9.28. The Hall–Kier alpha value is -0.870. The molecule has 0 spiro atoms. The minimum absolute atomic E-state index is 0.488. The van der Waals surface area contributed by atoms with Gasteiger partial charge in [0.2, 0.25) is 0 Å². The van der Waals surface area contributed by atoms with E-state index in [4.69, 9.17) is 10.2 Å². The van der Waals surface area contributed by atoms with Gasteiger partial charge in [-0.3, -0.25) is 0 Å². The Morgan fingerprint density at radius 1 is 1.67 bits per heavy atom. The molecular weight excluding hydrogens is 190 g/mol. The standard InChI is InChI=1S/C11H19N3O/c1-14-6-4-9(7-14)11-13-10(8-15-11)3-2-5-12/h8-9H,2-7,12H2,1H3. The van der Waals surface area contributed by atoms with Gasteiger partial charge >= 0.3 is 0 Å². The lowest BCUT2D eigenvalue weighted by Crippen LogP contribution is -2.13. The van der Waals surface area contributed by atoms with Gasteiger partial charge in [0, 0.05) is 12.5 Å². The molecule has 84 valence electrons. The topological polar surface area (TPSA) is 55.3 Å². The van der Waals surface area contributed by atoms with Crippen molar-refractivity contribution >= 4 is 0 Å². The molecule has 0 amide bonds. The number of nitrogens with two attached hydrogens (primary N) is 1. The van der Waals surface area contributed by atoms with Crippen molar-refractivity contribution in [1.29, 1.82) is 0 Å². The zero-order valence-corrected chi connectivity index (χ0v) is 9.28. The van der Waals surface area contributed by atoms with Crippen LogP contribution in [0.2, 0.25) is 0 Å². The van der Waals surface area contributed by atoms with Gasteiger partial charge in [-0.05, 0) is 39.4 Å². The van der Waals surface area contributed by atoms with E-state index in [1.165, 1.54) is 0 Å². The Morgan fingerprint density at radius 2 is 2.53 bits per heavy atom. The van der Waals surface area contributed by atoms with Gasteiger partial charge in [-0.15, -0.1) is 0 Å². The lowest BCUT2D eigenvalue weighted by Gasteiger charge is -2.05. The number of aromatic nitrogens is 1. The van der Waals surface area contributed by atoms with E-state index >= 15 is 0 Å². The maximum absolute atomic E-state index is 5.52. The molecule has 1 aromatic rings. The minimum atomic E-state index is 0.488. The molecule has 2 N–H and O–H groups in total. The summed E-state index contributed by atoms with van der Waals surface area (Å²) in [6.07, 6.45) is 4.86. The first-order valence-electron chi connectivity index (χ1n) is 5.62. The van der Waals surface area contributed by atoms with E-state index < -0.39 is 0 Å². The van der Waals surface area contributed by atoms with Gasteiger partial charge < -0.3 is 15.1 Å². The maximum Gasteiger partial charge on any atom is 0.198 e. The fraction of sp³-hybridized carbons (Fsp3) is 0.727. The summed E-state index contributed by atoms with van der Waals surface area (Å²) in [4.78, 5) is 6.83. The van der Waals surface area contributed by atoms with Crippen molar-refractivity contribution in [3.05, 3.63) is 17.8 Å². The predicted molar refractivity (Wildman–Crippen MR) is 58.7 cm³/mol. The third-order valence-electron chi connectivity index (χ3n) is 2.95. The maximum atomic E-state index is 5.52. The normalized spacial score (nSPS) is 22.4. The Bertz CT molecular complexity index is 311. The van der Waals surface area contributed by atoms with Crippen LogP contribution >= 0.6 is 0 Å². The van der Waals surface area contributed by atoms with Crippen LogP contribution in [-0.2, 0) is 6.42 Å². The molecule has 4 heteroatoms. The van der Waals surface area contributed by atoms with E-state index in [2.05, 4.69) is 16.9 Å². The van der Waals surface area contributed by atoms with Crippen molar-refractivity contribution in [1.82, 2.24) is 9.88 Å². The second-order valence-electron chi connectivity index (χ2n) is 4.32. The quantitative estimate of drug-likeness (QED) is 0.803. The third kappa shape index (κ3) is 2.58. The molecule has 4 nitrogen and oxygen atoms in total. The fourth-order valence-corrected chi connectivity index (χ4v) is 2.04. The molecule has 0 radical (unpaired) electrons. The lowest BCUT2D eigenvalue weighted by atomic mass is 10.1. The van der Waals surface area contributed by atoms with Gasteiger partial charge in [0.15, 0.2) is 5.89 Å². The van der Waals surface area contributed by atoms with Crippen molar-refractivity contribution < 1.29 is 4.42 Å². The largest absolute Gasteiger partial charge is 0.448 e. The molecule has 0 saturated carbocycles. The van der Waals surface area contributed by atoms with Gasteiger partial charge in [-0.1, -0.05) is 0 Å². The first kappa shape index (κ1) is 10.6. The molecule has 1 aliphatic rings. The minimum Gasteiger partial charge on any atom is -0.448 e. The van der Waals surface area contributed by atoms with E-state index in [9.17, 15) is 0 Å². The highest BCUT2D eigenvalue weighted by atomic mass is 16.3. The van der Waals surface area contributed by atoms with Crippen molar-refractivity contribution in [2.75, 3.05) is 26.7 Å². The third-order valence-corrected chi connectivity index (χ3v) is 2.95. The van der Waals surface area contributed by atoms with E-state index in [1.54, 1.807) is 6.26 Å². The molecule has 1 saturated heterocycles. The summed E-state index contributed by atoms with van der Waals surface area (Å²) in [5, 5.41) is 0. The number of nitrogens with zero attached hydrogens (tertiary/aromatic N) is 2. The molecular formula is C11H19N3O. The van der Waals surface area contributed by atoms with E-state index in [-0.39, 0.29) is 0 Å². The monoisotopic (exact) mass is 209 g/mol. The van der Waals surface area contributed by atoms with Crippen LogP contribution in [0.1, 0.15) is 30.3 Å². The van der Waals surface area contributed by atoms with Crippen LogP contribution in [-0.4, -0.2) is 36.6 Å². The average molecular weight is 209 g/mol. The highest BCUT2D eigenvalue weighted by Gasteiger charge is 2.25. The van der Waals surface area contributed by atoms with Crippen LogP contribution in [0.15, 0.2) is 10.7 Å². The van der Waals surface area contributed by atoms with Crippen LogP contribution < -0.4 is 5.73 Å². The second-order valence-corrected chi connectivity index (χ2v) is 4.32. The van der Waals surface area contributed by atoms with Crippen LogP contribution in [0.5, 0.6) is 0 Å². The summed E-state index contributed by atoms with van der Waals surface area (Å²) in [7, 11) is 2.14. The molecule has 1 atom stereocenters. The highest BCUT2D eigenvalue weighted by Crippen LogP contribution is 2.25. The van der Waals surface area contributed by atoms with Crippen LogP contribution in [0.3, 0.4) is 0 Å². The fourth-order valence-electron chi connectivity index (χ4n) is 2.04. The van der Waals surface area contributed by atoms with Crippen molar-refractivity contribution in [3.63, 3.8) is 0 Å². The highest BCUT2D eigenvalue weighted by molar-refractivity contribution is 5.03. The summed E-state index contributed by atoms with van der Waals surface area (Å²) in [5.41, 5.74) is 6.50. The molecule has 0 aromatic carbocycles. The van der Waals surface area contributed by atoms with Crippen molar-refractivity contribution in [2.24, 2.45) is 5.73 Å². The van der Waals surface area contributed by atoms with Crippen LogP contribution in [0, 0.1) is 0 Å². The van der Waals surface area contributed by atoms with Crippen LogP contribution in [0.25, 0.3) is 0 Å². The first-order valence-corrected chi connectivity index (χ1v) is 5.62. The molecule has 0 bridgehead atoms. The Balaban J connectivity index is 1.94. The molecule has 0 aliphatic carbocycles. The van der Waals surface area contributed by atoms with Gasteiger partial charge in [0.25, 0.3) is 0 Å². The molecule has 2 heterocycles. The predicted octanol–water partition coefficient (Wildman–Crippen LogP) is 0.985. The Kier molecular flexibility index (Phi) is 3.38. The molecule has 1 aromatic heterocycles. The summed E-state index contributed by atoms with van der Waals surface area (Å²) in [6.45, 7) is 2.93.